The van der Waals surface area contributed by atoms with Crippen LogP contribution in [0.15, 0.2) is 22.7 Å². The summed E-state index contributed by atoms with van der Waals surface area (Å²) in [5.41, 5.74) is 6.77. The van der Waals surface area contributed by atoms with Crippen LogP contribution in [-0.4, -0.2) is 31.0 Å². The molecule has 1 aromatic rings. The highest BCUT2D eigenvalue weighted by Crippen LogP contribution is 2.28. The first-order chi connectivity index (χ1) is 8.32. The van der Waals surface area contributed by atoms with Crippen molar-refractivity contribution in [1.82, 2.24) is 4.90 Å². The van der Waals surface area contributed by atoms with Gasteiger partial charge in [-0.1, -0.05) is 22.0 Å². The van der Waals surface area contributed by atoms with Gasteiger partial charge in [0.25, 0.3) is 5.91 Å². The second-order valence-corrected chi connectivity index (χ2v) is 5.38. The van der Waals surface area contributed by atoms with Crippen LogP contribution in [0, 0.1) is 0 Å². The molecule has 0 aromatic heterocycles. The molecule has 2 N–H and O–H groups in total. The molecule has 0 fully saturated rings. The van der Waals surface area contributed by atoms with Crippen molar-refractivity contribution in [2.75, 3.05) is 14.1 Å². The van der Waals surface area contributed by atoms with Gasteiger partial charge in [-0.25, -0.2) is 0 Å². The second kappa shape index (κ2) is 6.20. The third-order valence-electron chi connectivity index (χ3n) is 2.56. The summed E-state index contributed by atoms with van der Waals surface area (Å²) < 4.78 is 6.60. The number of carbonyl (C=O) groups excluding carboxylic acids is 1. The third-order valence-corrected chi connectivity index (χ3v) is 3.05. The lowest BCUT2D eigenvalue weighted by Gasteiger charge is -2.21. The molecular formula is C13H19BrN2O2. The highest BCUT2D eigenvalue weighted by Gasteiger charge is 2.19. The van der Waals surface area contributed by atoms with Crippen molar-refractivity contribution in [1.29, 1.82) is 0 Å². The van der Waals surface area contributed by atoms with Gasteiger partial charge < -0.3 is 15.4 Å². The van der Waals surface area contributed by atoms with E-state index in [1.54, 1.807) is 21.0 Å². The number of hydrogen-bond acceptors (Lipinski definition) is 3. The SMILES string of the molecule is CC(Oc1cc(Br)ccc1[C@@H](C)N)C(=O)N(C)C. The predicted octanol–water partition coefficient (Wildman–Crippen LogP) is 2.32. The lowest BCUT2D eigenvalue weighted by Crippen LogP contribution is -2.35. The number of carbonyl (C=O) groups is 1. The number of hydrogen-bond donors (Lipinski definition) is 1. The Morgan fingerprint density at radius 1 is 1.39 bits per heavy atom. The summed E-state index contributed by atoms with van der Waals surface area (Å²) in [6, 6.07) is 5.49. The van der Waals surface area contributed by atoms with E-state index >= 15 is 0 Å². The molecule has 1 aromatic carbocycles. The van der Waals surface area contributed by atoms with E-state index in [0.29, 0.717) is 5.75 Å². The number of ether oxygens (including phenoxy) is 1. The first kappa shape index (κ1) is 15.0. The van der Waals surface area contributed by atoms with Crippen LogP contribution in [-0.2, 0) is 4.79 Å². The van der Waals surface area contributed by atoms with E-state index in [1.807, 2.05) is 25.1 Å². The molecule has 4 nitrogen and oxygen atoms in total. The van der Waals surface area contributed by atoms with Gasteiger partial charge in [-0.3, -0.25) is 4.79 Å². The molecule has 0 heterocycles. The van der Waals surface area contributed by atoms with Gasteiger partial charge in [0, 0.05) is 30.2 Å². The van der Waals surface area contributed by atoms with Crippen molar-refractivity contribution in [2.24, 2.45) is 5.73 Å². The van der Waals surface area contributed by atoms with Gasteiger partial charge >= 0.3 is 0 Å². The molecule has 0 spiro atoms. The van der Waals surface area contributed by atoms with Crippen molar-refractivity contribution >= 4 is 21.8 Å². The van der Waals surface area contributed by atoms with Gasteiger partial charge in [-0.15, -0.1) is 0 Å². The average molecular weight is 315 g/mol. The Kier molecular flexibility index (Phi) is 5.16. The second-order valence-electron chi connectivity index (χ2n) is 4.46. The van der Waals surface area contributed by atoms with E-state index in [1.165, 1.54) is 4.90 Å². The maximum Gasteiger partial charge on any atom is 0.262 e. The molecule has 0 saturated carbocycles. The maximum atomic E-state index is 11.8. The van der Waals surface area contributed by atoms with E-state index in [-0.39, 0.29) is 11.9 Å². The molecule has 1 unspecified atom stereocenters. The van der Waals surface area contributed by atoms with Crippen molar-refractivity contribution < 1.29 is 9.53 Å². The standard InChI is InChI=1S/C13H19BrN2O2/c1-8(15)11-6-5-10(14)7-12(11)18-9(2)13(17)16(3)4/h5-9H,15H2,1-4H3/t8-,9?/m1/s1. The van der Waals surface area contributed by atoms with Crippen molar-refractivity contribution in [3.8, 4) is 5.75 Å². The average Bonchev–Trinajstić information content (AvgIpc) is 2.27. The van der Waals surface area contributed by atoms with E-state index in [9.17, 15) is 4.79 Å². The Morgan fingerprint density at radius 3 is 2.50 bits per heavy atom. The summed E-state index contributed by atoms with van der Waals surface area (Å²) >= 11 is 3.39. The van der Waals surface area contributed by atoms with Crippen LogP contribution in [0.2, 0.25) is 0 Å². The topological polar surface area (TPSA) is 55.6 Å². The molecule has 5 heteroatoms. The monoisotopic (exact) mass is 314 g/mol. The van der Waals surface area contributed by atoms with Gasteiger partial charge in [0.2, 0.25) is 0 Å². The van der Waals surface area contributed by atoms with E-state index in [0.717, 1.165) is 10.0 Å². The van der Waals surface area contributed by atoms with Gasteiger partial charge in [-0.05, 0) is 26.0 Å². The van der Waals surface area contributed by atoms with Gasteiger partial charge in [0.05, 0.1) is 0 Å². The van der Waals surface area contributed by atoms with Crippen LogP contribution >= 0.6 is 15.9 Å². The molecule has 0 aliphatic rings. The summed E-state index contributed by atoms with van der Waals surface area (Å²) in [6.45, 7) is 3.61. The van der Waals surface area contributed by atoms with Gasteiger partial charge in [0.15, 0.2) is 6.10 Å². The number of amides is 1. The Bertz CT molecular complexity index is 433. The molecule has 0 bridgehead atoms. The molecule has 100 valence electrons. The van der Waals surface area contributed by atoms with Crippen LogP contribution in [0.1, 0.15) is 25.5 Å². The summed E-state index contributed by atoms with van der Waals surface area (Å²) in [7, 11) is 3.41. The lowest BCUT2D eigenvalue weighted by atomic mass is 10.1. The van der Waals surface area contributed by atoms with Crippen molar-refractivity contribution in [2.45, 2.75) is 26.0 Å². The van der Waals surface area contributed by atoms with Gasteiger partial charge in [0.1, 0.15) is 5.75 Å². The molecule has 0 aliphatic heterocycles. The normalized spacial score (nSPS) is 13.9. The maximum absolute atomic E-state index is 11.8. The summed E-state index contributed by atoms with van der Waals surface area (Å²) in [5, 5.41) is 0. The third kappa shape index (κ3) is 3.71. The zero-order valence-electron chi connectivity index (χ0n) is 11.1. The highest BCUT2D eigenvalue weighted by molar-refractivity contribution is 9.10. The number of benzene rings is 1. The number of halogens is 1. The van der Waals surface area contributed by atoms with Crippen LogP contribution in [0.5, 0.6) is 5.75 Å². The first-order valence-electron chi connectivity index (χ1n) is 5.75. The minimum Gasteiger partial charge on any atom is -0.481 e. The summed E-state index contributed by atoms with van der Waals surface area (Å²) in [5.74, 6) is 0.563. The van der Waals surface area contributed by atoms with Crippen molar-refractivity contribution in [3.05, 3.63) is 28.2 Å². The number of nitrogens with two attached hydrogens (primary N) is 1. The van der Waals surface area contributed by atoms with Crippen LogP contribution in [0.4, 0.5) is 0 Å². The molecule has 2 atom stereocenters. The van der Waals surface area contributed by atoms with E-state index < -0.39 is 6.10 Å². The van der Waals surface area contributed by atoms with Crippen molar-refractivity contribution in [3.63, 3.8) is 0 Å². The fourth-order valence-corrected chi connectivity index (χ4v) is 1.93. The highest BCUT2D eigenvalue weighted by atomic mass is 79.9. The molecule has 0 saturated heterocycles. The Balaban J connectivity index is 2.96. The minimum atomic E-state index is -0.535. The number of likely N-dealkylation sites (N-methyl/N-ethyl adjacent to an activating group) is 1. The fraction of sp³-hybridized carbons (Fsp3) is 0.462. The Morgan fingerprint density at radius 2 is 2.00 bits per heavy atom. The molecular weight excluding hydrogens is 296 g/mol. The smallest absolute Gasteiger partial charge is 0.262 e. The molecule has 1 amide bonds. The molecule has 18 heavy (non-hydrogen) atoms. The predicted molar refractivity (Wildman–Crippen MR) is 75.5 cm³/mol. The van der Waals surface area contributed by atoms with Crippen LogP contribution in [0.25, 0.3) is 0 Å². The zero-order valence-corrected chi connectivity index (χ0v) is 12.7. The fourth-order valence-electron chi connectivity index (χ4n) is 1.59. The van der Waals surface area contributed by atoms with Crippen LogP contribution in [0.3, 0.4) is 0 Å². The molecule has 0 aliphatic carbocycles. The van der Waals surface area contributed by atoms with Crippen LogP contribution < -0.4 is 10.5 Å². The summed E-state index contributed by atoms with van der Waals surface area (Å²) in [6.07, 6.45) is -0.535. The Hall–Kier alpha value is -1.07. The minimum absolute atomic E-state index is 0.0781. The van der Waals surface area contributed by atoms with E-state index in [4.69, 9.17) is 10.5 Å². The zero-order chi connectivity index (χ0) is 13.9. The molecule has 1 rings (SSSR count). The summed E-state index contributed by atoms with van der Waals surface area (Å²) in [4.78, 5) is 13.3. The first-order valence-corrected chi connectivity index (χ1v) is 6.55. The molecule has 0 radical (unpaired) electrons. The number of rotatable bonds is 4. The van der Waals surface area contributed by atoms with Gasteiger partial charge in [-0.2, -0.15) is 0 Å². The number of nitrogens with zero attached hydrogens (tertiary/aromatic N) is 1. The largest absolute Gasteiger partial charge is 0.481 e. The quantitative estimate of drug-likeness (QED) is 0.928. The lowest BCUT2D eigenvalue weighted by molar-refractivity contribution is -0.135. The van der Waals surface area contributed by atoms with E-state index in [2.05, 4.69) is 15.9 Å². The Labute approximate surface area is 116 Å².